The number of nitrogens with one attached hydrogen (secondary N) is 2. The van der Waals surface area contributed by atoms with Gasteiger partial charge in [-0.25, -0.2) is 23.5 Å². The van der Waals surface area contributed by atoms with Gasteiger partial charge < -0.3 is 10.6 Å². The Bertz CT molecular complexity index is 1190. The van der Waals surface area contributed by atoms with E-state index >= 15 is 0 Å². The molecule has 2 aromatic carbocycles. The Morgan fingerprint density at radius 1 is 1.00 bits per heavy atom. The molecular formula is C20H20F3N5O2S2. The Morgan fingerprint density at radius 3 is 2.25 bits per heavy atom. The topological polar surface area (TPSA) is 110 Å². The number of primary sulfonamides is 1. The first kappa shape index (κ1) is 23.8. The zero-order valence-corrected chi connectivity index (χ0v) is 18.5. The molecule has 1 heterocycles. The van der Waals surface area contributed by atoms with E-state index in [1.54, 1.807) is 23.9 Å². The third-order valence-electron chi connectivity index (χ3n) is 4.29. The highest BCUT2D eigenvalue weighted by atomic mass is 32.2. The van der Waals surface area contributed by atoms with Gasteiger partial charge in [0.25, 0.3) is 0 Å². The Labute approximate surface area is 187 Å². The van der Waals surface area contributed by atoms with Gasteiger partial charge in [-0.1, -0.05) is 13.0 Å². The molecule has 3 rings (SSSR count). The van der Waals surface area contributed by atoms with E-state index in [2.05, 4.69) is 20.6 Å². The van der Waals surface area contributed by atoms with Gasteiger partial charge in [0.15, 0.2) is 0 Å². The first-order valence-electron chi connectivity index (χ1n) is 9.33. The fraction of sp³-hybridized carbons (Fsp3) is 0.200. The van der Waals surface area contributed by atoms with Crippen molar-refractivity contribution >= 4 is 44.8 Å². The van der Waals surface area contributed by atoms with E-state index in [1.165, 1.54) is 30.6 Å². The van der Waals surface area contributed by atoms with E-state index in [1.807, 2.05) is 6.92 Å². The average molecular weight is 484 g/mol. The Balaban J connectivity index is 1.83. The molecule has 0 saturated heterocycles. The standard InChI is InChI=1S/C20H20F3N5O2S2/c1-2-31-11-13-3-8-16(32(24,29)30)9-17(13)28-19-10-18(25-12-26-19)27-15-6-4-14(5-7-15)20(21,22)23/h3-10,12H,2,11H2,1H3,(H2,24,29,30)(H2,25,26,27,28). The fourth-order valence-electron chi connectivity index (χ4n) is 2.71. The summed E-state index contributed by atoms with van der Waals surface area (Å²) >= 11 is 1.66. The first-order valence-corrected chi connectivity index (χ1v) is 12.0. The molecule has 0 aliphatic heterocycles. The van der Waals surface area contributed by atoms with Gasteiger partial charge >= 0.3 is 6.18 Å². The number of nitrogens with two attached hydrogens (primary N) is 1. The molecule has 0 atom stereocenters. The van der Waals surface area contributed by atoms with Crippen LogP contribution in [0.15, 0.2) is 59.8 Å². The lowest BCUT2D eigenvalue weighted by Crippen LogP contribution is -2.12. The van der Waals surface area contributed by atoms with Gasteiger partial charge in [0.05, 0.1) is 10.5 Å². The summed E-state index contributed by atoms with van der Waals surface area (Å²) in [5.74, 6) is 2.23. The number of halogens is 3. The van der Waals surface area contributed by atoms with Crippen LogP contribution >= 0.6 is 11.8 Å². The average Bonchev–Trinajstić information content (AvgIpc) is 2.72. The zero-order valence-electron chi connectivity index (χ0n) is 16.8. The van der Waals surface area contributed by atoms with Gasteiger partial charge in [-0.05, 0) is 47.7 Å². The summed E-state index contributed by atoms with van der Waals surface area (Å²) in [5.41, 5.74) is 1.05. The molecule has 0 aliphatic rings. The summed E-state index contributed by atoms with van der Waals surface area (Å²) in [5, 5.41) is 11.2. The number of alkyl halides is 3. The molecule has 4 N–H and O–H groups in total. The predicted molar refractivity (Wildman–Crippen MR) is 120 cm³/mol. The summed E-state index contributed by atoms with van der Waals surface area (Å²) < 4.78 is 61.7. The minimum atomic E-state index is -4.41. The molecule has 7 nitrogen and oxygen atoms in total. The van der Waals surface area contributed by atoms with E-state index in [0.29, 0.717) is 28.8 Å². The molecule has 32 heavy (non-hydrogen) atoms. The number of hydrogen-bond acceptors (Lipinski definition) is 7. The van der Waals surface area contributed by atoms with E-state index in [9.17, 15) is 21.6 Å². The zero-order chi connectivity index (χ0) is 23.4. The van der Waals surface area contributed by atoms with Crippen LogP contribution < -0.4 is 15.8 Å². The molecule has 170 valence electrons. The molecular weight excluding hydrogens is 463 g/mol. The van der Waals surface area contributed by atoms with Gasteiger partial charge in [0.2, 0.25) is 10.0 Å². The summed E-state index contributed by atoms with van der Waals surface area (Å²) in [6.07, 6.45) is -3.14. The van der Waals surface area contributed by atoms with Gasteiger partial charge in [-0.15, -0.1) is 0 Å². The van der Waals surface area contributed by atoms with Crippen LogP contribution in [0.25, 0.3) is 0 Å². The Kier molecular flexibility index (Phi) is 7.26. The van der Waals surface area contributed by atoms with Crippen molar-refractivity contribution in [2.75, 3.05) is 16.4 Å². The van der Waals surface area contributed by atoms with Crippen molar-refractivity contribution in [3.63, 3.8) is 0 Å². The quantitative estimate of drug-likeness (QED) is 0.419. The normalized spacial score (nSPS) is 11.9. The molecule has 0 amide bonds. The van der Waals surface area contributed by atoms with Gasteiger partial charge in [-0.3, -0.25) is 0 Å². The summed E-state index contributed by atoms with van der Waals surface area (Å²) in [6, 6.07) is 10.7. The van der Waals surface area contributed by atoms with E-state index < -0.39 is 21.8 Å². The minimum Gasteiger partial charge on any atom is -0.340 e. The van der Waals surface area contributed by atoms with Crippen molar-refractivity contribution in [2.24, 2.45) is 5.14 Å². The third kappa shape index (κ3) is 6.34. The molecule has 12 heteroatoms. The third-order valence-corrected chi connectivity index (χ3v) is 6.12. The van der Waals surface area contributed by atoms with Crippen molar-refractivity contribution in [1.29, 1.82) is 0 Å². The lowest BCUT2D eigenvalue weighted by atomic mass is 10.2. The van der Waals surface area contributed by atoms with Gasteiger partial charge in [0.1, 0.15) is 18.0 Å². The van der Waals surface area contributed by atoms with Crippen molar-refractivity contribution in [3.05, 3.63) is 66.0 Å². The molecule has 0 unspecified atom stereocenters. The number of nitrogens with zero attached hydrogens (tertiary/aromatic N) is 2. The second-order valence-electron chi connectivity index (χ2n) is 6.61. The highest BCUT2D eigenvalue weighted by Crippen LogP contribution is 2.31. The van der Waals surface area contributed by atoms with E-state index in [0.717, 1.165) is 23.4 Å². The second-order valence-corrected chi connectivity index (χ2v) is 9.45. The number of anilines is 4. The molecule has 1 aromatic heterocycles. The number of benzene rings is 2. The molecule has 0 fully saturated rings. The van der Waals surface area contributed by atoms with Crippen LogP contribution in [0, 0.1) is 0 Å². The molecule has 0 aliphatic carbocycles. The maximum Gasteiger partial charge on any atom is 0.416 e. The van der Waals surface area contributed by atoms with Gasteiger partial charge in [-0.2, -0.15) is 24.9 Å². The molecule has 3 aromatic rings. The summed E-state index contributed by atoms with van der Waals surface area (Å²) in [6.45, 7) is 2.01. The molecule has 0 radical (unpaired) electrons. The van der Waals surface area contributed by atoms with Crippen LogP contribution in [0.4, 0.5) is 36.2 Å². The maximum absolute atomic E-state index is 12.7. The summed E-state index contributed by atoms with van der Waals surface area (Å²) in [7, 11) is -3.89. The highest BCUT2D eigenvalue weighted by Gasteiger charge is 2.29. The Hall–Kier alpha value is -2.83. The number of sulfonamides is 1. The first-order chi connectivity index (χ1) is 15.1. The smallest absolute Gasteiger partial charge is 0.340 e. The van der Waals surface area contributed by atoms with Crippen LogP contribution in [0.2, 0.25) is 0 Å². The van der Waals surface area contributed by atoms with Crippen molar-refractivity contribution in [3.8, 4) is 0 Å². The molecule has 0 bridgehead atoms. The maximum atomic E-state index is 12.7. The lowest BCUT2D eigenvalue weighted by molar-refractivity contribution is -0.137. The van der Waals surface area contributed by atoms with Crippen molar-refractivity contribution < 1.29 is 21.6 Å². The minimum absolute atomic E-state index is 0.0394. The van der Waals surface area contributed by atoms with E-state index in [4.69, 9.17) is 5.14 Å². The van der Waals surface area contributed by atoms with Crippen molar-refractivity contribution in [1.82, 2.24) is 9.97 Å². The number of hydrogen-bond donors (Lipinski definition) is 3. The van der Waals surface area contributed by atoms with Crippen LogP contribution in [0.5, 0.6) is 0 Å². The Morgan fingerprint density at radius 2 is 1.66 bits per heavy atom. The number of thioether (sulfide) groups is 1. The van der Waals surface area contributed by atoms with Crippen LogP contribution in [-0.2, 0) is 22.0 Å². The SMILES string of the molecule is CCSCc1ccc(S(N)(=O)=O)cc1Nc1cc(Nc2ccc(C(F)(F)F)cc2)ncn1. The highest BCUT2D eigenvalue weighted by molar-refractivity contribution is 7.98. The van der Waals surface area contributed by atoms with Crippen molar-refractivity contribution in [2.45, 2.75) is 23.7 Å². The lowest BCUT2D eigenvalue weighted by Gasteiger charge is -2.14. The van der Waals surface area contributed by atoms with Crippen LogP contribution in [0.3, 0.4) is 0 Å². The largest absolute Gasteiger partial charge is 0.416 e. The molecule has 0 spiro atoms. The monoisotopic (exact) mass is 483 g/mol. The number of aromatic nitrogens is 2. The summed E-state index contributed by atoms with van der Waals surface area (Å²) in [4.78, 5) is 8.17. The van der Waals surface area contributed by atoms with Crippen LogP contribution in [0.1, 0.15) is 18.1 Å². The predicted octanol–water partition coefficient (Wildman–Crippen LogP) is 4.88. The van der Waals surface area contributed by atoms with Gasteiger partial charge in [0, 0.05) is 23.2 Å². The second kappa shape index (κ2) is 9.76. The van der Waals surface area contributed by atoms with Crippen LogP contribution in [-0.4, -0.2) is 24.1 Å². The molecule has 0 saturated carbocycles. The fourth-order valence-corrected chi connectivity index (χ4v) is 3.92. The number of rotatable bonds is 8. The van der Waals surface area contributed by atoms with E-state index in [-0.39, 0.29) is 4.90 Å².